The fourth-order valence-electron chi connectivity index (χ4n) is 2.00. The predicted octanol–water partition coefficient (Wildman–Crippen LogP) is 1.74. The van der Waals surface area contributed by atoms with Gasteiger partial charge in [-0.15, -0.1) is 0 Å². The minimum Gasteiger partial charge on any atom is -0.371 e. The predicted molar refractivity (Wildman–Crippen MR) is 71.1 cm³/mol. The fourth-order valence-corrected chi connectivity index (χ4v) is 3.27. The number of aromatic nitrogens is 1. The highest BCUT2D eigenvalue weighted by atomic mass is 32.2. The SMILES string of the molecule is CNCc1cc(N(C)C2CCSC2)ccn1. The molecule has 3 nitrogen and oxygen atoms in total. The number of anilines is 1. The molecule has 1 atom stereocenters. The zero-order valence-electron chi connectivity index (χ0n) is 9.94. The van der Waals surface area contributed by atoms with Gasteiger partial charge in [0.1, 0.15) is 0 Å². The van der Waals surface area contributed by atoms with Gasteiger partial charge in [-0.2, -0.15) is 11.8 Å². The molecule has 0 aliphatic carbocycles. The van der Waals surface area contributed by atoms with Gasteiger partial charge in [-0.3, -0.25) is 4.98 Å². The molecule has 1 fully saturated rings. The monoisotopic (exact) mass is 237 g/mol. The first-order chi connectivity index (χ1) is 7.81. The number of thioether (sulfide) groups is 1. The Bertz CT molecular complexity index is 337. The van der Waals surface area contributed by atoms with Crippen molar-refractivity contribution in [3.05, 3.63) is 24.0 Å². The smallest absolute Gasteiger partial charge is 0.0562 e. The lowest BCUT2D eigenvalue weighted by Gasteiger charge is -2.26. The lowest BCUT2D eigenvalue weighted by atomic mass is 10.2. The average Bonchev–Trinajstić information content (AvgIpc) is 2.82. The molecule has 2 heterocycles. The van der Waals surface area contributed by atoms with Crippen molar-refractivity contribution in [2.75, 3.05) is 30.5 Å². The van der Waals surface area contributed by atoms with Gasteiger partial charge in [0.15, 0.2) is 0 Å². The molecule has 16 heavy (non-hydrogen) atoms. The molecule has 1 N–H and O–H groups in total. The Balaban J connectivity index is 2.09. The van der Waals surface area contributed by atoms with Crippen LogP contribution in [-0.2, 0) is 6.54 Å². The normalized spacial score (nSPS) is 20.0. The molecule has 0 radical (unpaired) electrons. The summed E-state index contributed by atoms with van der Waals surface area (Å²) in [5.41, 5.74) is 2.39. The minimum absolute atomic E-state index is 0.690. The van der Waals surface area contributed by atoms with Crippen LogP contribution in [0, 0.1) is 0 Å². The Morgan fingerprint density at radius 2 is 2.50 bits per heavy atom. The van der Waals surface area contributed by atoms with Crippen molar-refractivity contribution in [1.29, 1.82) is 0 Å². The molecule has 1 aromatic rings. The minimum atomic E-state index is 0.690. The summed E-state index contributed by atoms with van der Waals surface area (Å²) in [5, 5.41) is 3.13. The summed E-state index contributed by atoms with van der Waals surface area (Å²) in [4.78, 5) is 6.73. The second-order valence-electron chi connectivity index (χ2n) is 4.16. The highest BCUT2D eigenvalue weighted by Crippen LogP contribution is 2.25. The van der Waals surface area contributed by atoms with Gasteiger partial charge in [0.05, 0.1) is 5.69 Å². The molecule has 0 amide bonds. The maximum atomic E-state index is 4.34. The molecule has 1 saturated heterocycles. The van der Waals surface area contributed by atoms with Gasteiger partial charge >= 0.3 is 0 Å². The molecule has 0 saturated carbocycles. The van der Waals surface area contributed by atoms with E-state index in [-0.39, 0.29) is 0 Å². The van der Waals surface area contributed by atoms with Crippen LogP contribution in [-0.4, -0.2) is 36.6 Å². The van der Waals surface area contributed by atoms with Gasteiger partial charge in [0.25, 0.3) is 0 Å². The van der Waals surface area contributed by atoms with E-state index in [0.717, 1.165) is 12.2 Å². The molecule has 0 bridgehead atoms. The maximum absolute atomic E-state index is 4.34. The summed E-state index contributed by atoms with van der Waals surface area (Å²) in [6.07, 6.45) is 3.20. The van der Waals surface area contributed by atoms with E-state index in [4.69, 9.17) is 0 Å². The van der Waals surface area contributed by atoms with E-state index in [2.05, 4.69) is 34.4 Å². The molecule has 1 aliphatic heterocycles. The third-order valence-electron chi connectivity index (χ3n) is 3.02. The zero-order valence-corrected chi connectivity index (χ0v) is 10.8. The fraction of sp³-hybridized carbons (Fsp3) is 0.583. The highest BCUT2D eigenvalue weighted by Gasteiger charge is 2.20. The summed E-state index contributed by atoms with van der Waals surface area (Å²) in [6.45, 7) is 0.834. The van der Waals surface area contributed by atoms with E-state index in [1.807, 2.05) is 25.0 Å². The van der Waals surface area contributed by atoms with Crippen LogP contribution in [0.15, 0.2) is 18.3 Å². The first kappa shape index (κ1) is 11.7. The van der Waals surface area contributed by atoms with E-state index in [1.54, 1.807) is 0 Å². The third kappa shape index (κ3) is 2.68. The van der Waals surface area contributed by atoms with Gasteiger partial charge in [0, 0.05) is 37.3 Å². The Morgan fingerprint density at radius 1 is 1.62 bits per heavy atom. The number of rotatable bonds is 4. The molecule has 0 aromatic carbocycles. The average molecular weight is 237 g/mol. The molecule has 1 unspecified atom stereocenters. The van der Waals surface area contributed by atoms with Crippen LogP contribution in [0.2, 0.25) is 0 Å². The quantitative estimate of drug-likeness (QED) is 0.863. The molecule has 0 spiro atoms. The molecule has 1 aromatic heterocycles. The molecular weight excluding hydrogens is 218 g/mol. The van der Waals surface area contributed by atoms with Crippen LogP contribution in [0.1, 0.15) is 12.1 Å². The summed E-state index contributed by atoms with van der Waals surface area (Å²) >= 11 is 2.05. The summed E-state index contributed by atoms with van der Waals surface area (Å²) in [5.74, 6) is 2.55. The molecule has 2 rings (SSSR count). The van der Waals surface area contributed by atoms with E-state index >= 15 is 0 Å². The standard InChI is InChI=1S/C12H19N3S/c1-13-8-10-7-11(3-5-14-10)15(2)12-4-6-16-9-12/h3,5,7,12-13H,4,6,8-9H2,1-2H3. The Labute approximate surface area is 102 Å². The van der Waals surface area contributed by atoms with E-state index in [0.29, 0.717) is 6.04 Å². The van der Waals surface area contributed by atoms with Gasteiger partial charge < -0.3 is 10.2 Å². The Kier molecular flexibility index (Phi) is 4.07. The largest absolute Gasteiger partial charge is 0.371 e. The lowest BCUT2D eigenvalue weighted by Crippen LogP contribution is -2.31. The Morgan fingerprint density at radius 3 is 3.19 bits per heavy atom. The number of hydrogen-bond acceptors (Lipinski definition) is 4. The summed E-state index contributed by atoms with van der Waals surface area (Å²) in [7, 11) is 4.14. The van der Waals surface area contributed by atoms with Crippen LogP contribution in [0.25, 0.3) is 0 Å². The number of pyridine rings is 1. The highest BCUT2D eigenvalue weighted by molar-refractivity contribution is 7.99. The number of nitrogens with zero attached hydrogens (tertiary/aromatic N) is 2. The van der Waals surface area contributed by atoms with Crippen molar-refractivity contribution < 1.29 is 0 Å². The third-order valence-corrected chi connectivity index (χ3v) is 4.16. The van der Waals surface area contributed by atoms with E-state index in [9.17, 15) is 0 Å². The van der Waals surface area contributed by atoms with Crippen LogP contribution in [0.5, 0.6) is 0 Å². The van der Waals surface area contributed by atoms with E-state index in [1.165, 1.54) is 23.6 Å². The lowest BCUT2D eigenvalue weighted by molar-refractivity contribution is 0.697. The van der Waals surface area contributed by atoms with Gasteiger partial charge in [0.2, 0.25) is 0 Å². The molecule has 4 heteroatoms. The van der Waals surface area contributed by atoms with Crippen molar-refractivity contribution in [2.45, 2.75) is 19.0 Å². The van der Waals surface area contributed by atoms with Crippen molar-refractivity contribution in [2.24, 2.45) is 0 Å². The first-order valence-electron chi connectivity index (χ1n) is 5.71. The van der Waals surface area contributed by atoms with Crippen LogP contribution in [0.4, 0.5) is 5.69 Å². The van der Waals surface area contributed by atoms with Gasteiger partial charge in [-0.25, -0.2) is 0 Å². The van der Waals surface area contributed by atoms with Crippen LogP contribution < -0.4 is 10.2 Å². The topological polar surface area (TPSA) is 28.2 Å². The summed E-state index contributed by atoms with van der Waals surface area (Å²) < 4.78 is 0. The summed E-state index contributed by atoms with van der Waals surface area (Å²) in [6, 6.07) is 4.97. The maximum Gasteiger partial charge on any atom is 0.0562 e. The number of hydrogen-bond donors (Lipinski definition) is 1. The van der Waals surface area contributed by atoms with E-state index < -0.39 is 0 Å². The molecule has 88 valence electrons. The zero-order chi connectivity index (χ0) is 11.4. The molecular formula is C12H19N3S. The molecule has 1 aliphatic rings. The van der Waals surface area contributed by atoms with Crippen LogP contribution in [0.3, 0.4) is 0 Å². The first-order valence-corrected chi connectivity index (χ1v) is 6.87. The second-order valence-corrected chi connectivity index (χ2v) is 5.31. The van der Waals surface area contributed by atoms with Gasteiger partial charge in [-0.05, 0) is 31.4 Å². The van der Waals surface area contributed by atoms with Crippen molar-refractivity contribution in [3.63, 3.8) is 0 Å². The van der Waals surface area contributed by atoms with Crippen LogP contribution >= 0.6 is 11.8 Å². The van der Waals surface area contributed by atoms with Gasteiger partial charge in [-0.1, -0.05) is 0 Å². The van der Waals surface area contributed by atoms with Crippen molar-refractivity contribution >= 4 is 17.4 Å². The van der Waals surface area contributed by atoms with Crippen molar-refractivity contribution in [3.8, 4) is 0 Å². The second kappa shape index (κ2) is 5.55. The number of nitrogens with one attached hydrogen (secondary N) is 1. The van der Waals surface area contributed by atoms with Crippen molar-refractivity contribution in [1.82, 2.24) is 10.3 Å². The Hall–Kier alpha value is -0.740.